The quantitative estimate of drug-likeness (QED) is 0.870. The monoisotopic (exact) mass is 226 g/mol. The number of aromatic nitrogens is 1. The first kappa shape index (κ1) is 11.8. The van der Waals surface area contributed by atoms with Crippen molar-refractivity contribution in [3.63, 3.8) is 0 Å². The third kappa shape index (κ3) is 2.53. The zero-order chi connectivity index (χ0) is 12.3. The van der Waals surface area contributed by atoms with Gasteiger partial charge < -0.3 is 5.73 Å². The molecule has 0 amide bonds. The minimum absolute atomic E-state index is 0.133. The van der Waals surface area contributed by atoms with Gasteiger partial charge in [-0.15, -0.1) is 0 Å². The maximum Gasteiger partial charge on any atom is 0.0731 e. The molecule has 2 rings (SSSR count). The number of hydrogen-bond donors (Lipinski definition) is 1. The fraction of sp³-hybridized carbons (Fsp3) is 0.267. The van der Waals surface area contributed by atoms with Crippen LogP contribution in [0.5, 0.6) is 0 Å². The van der Waals surface area contributed by atoms with Gasteiger partial charge in [-0.1, -0.05) is 37.3 Å². The van der Waals surface area contributed by atoms with E-state index < -0.39 is 0 Å². The number of aryl methyl sites for hydroxylation is 1. The van der Waals surface area contributed by atoms with Gasteiger partial charge in [-0.25, -0.2) is 0 Å². The van der Waals surface area contributed by atoms with Gasteiger partial charge in [-0.2, -0.15) is 0 Å². The van der Waals surface area contributed by atoms with Crippen molar-refractivity contribution in [2.24, 2.45) is 5.73 Å². The van der Waals surface area contributed by atoms with Gasteiger partial charge in [0.1, 0.15) is 0 Å². The average molecular weight is 226 g/mol. The number of rotatable bonds is 3. The molecule has 1 aromatic carbocycles. The van der Waals surface area contributed by atoms with Crippen LogP contribution < -0.4 is 5.73 Å². The minimum atomic E-state index is 0.133. The van der Waals surface area contributed by atoms with E-state index in [9.17, 15) is 0 Å². The molecule has 0 fully saturated rings. The van der Waals surface area contributed by atoms with Crippen molar-refractivity contribution in [3.05, 3.63) is 53.7 Å². The second kappa shape index (κ2) is 5.11. The van der Waals surface area contributed by atoms with Crippen molar-refractivity contribution in [2.45, 2.75) is 26.3 Å². The highest BCUT2D eigenvalue weighted by Gasteiger charge is 2.05. The first-order valence-electron chi connectivity index (χ1n) is 6.00. The maximum absolute atomic E-state index is 6.00. The Hall–Kier alpha value is -1.67. The molecule has 88 valence electrons. The third-order valence-electron chi connectivity index (χ3n) is 3.06. The molecule has 0 radical (unpaired) electrons. The third-order valence-corrected chi connectivity index (χ3v) is 3.06. The van der Waals surface area contributed by atoms with Crippen molar-refractivity contribution in [2.75, 3.05) is 0 Å². The summed E-state index contributed by atoms with van der Waals surface area (Å²) in [5.41, 5.74) is 10.6. The van der Waals surface area contributed by atoms with E-state index in [0.29, 0.717) is 0 Å². The fourth-order valence-corrected chi connectivity index (χ4v) is 1.91. The van der Waals surface area contributed by atoms with E-state index in [2.05, 4.69) is 49.2 Å². The highest BCUT2D eigenvalue weighted by Crippen LogP contribution is 2.22. The number of hydrogen-bond acceptors (Lipinski definition) is 2. The van der Waals surface area contributed by atoms with E-state index in [1.807, 2.05) is 12.3 Å². The molecule has 2 aromatic rings. The van der Waals surface area contributed by atoms with Gasteiger partial charge in [0.25, 0.3) is 0 Å². The zero-order valence-electron chi connectivity index (χ0n) is 10.4. The Kier molecular flexibility index (Phi) is 3.55. The number of pyridine rings is 1. The van der Waals surface area contributed by atoms with Crippen molar-refractivity contribution in [1.82, 2.24) is 4.98 Å². The molecule has 17 heavy (non-hydrogen) atoms. The van der Waals surface area contributed by atoms with E-state index in [0.717, 1.165) is 17.7 Å². The normalized spacial score (nSPS) is 12.4. The lowest BCUT2D eigenvalue weighted by Crippen LogP contribution is -2.08. The summed E-state index contributed by atoms with van der Waals surface area (Å²) in [6.45, 7) is 4.18. The second-order valence-corrected chi connectivity index (χ2v) is 4.31. The average Bonchev–Trinajstić information content (AvgIpc) is 2.39. The molecule has 0 aliphatic heterocycles. The fourth-order valence-electron chi connectivity index (χ4n) is 1.91. The lowest BCUT2D eigenvalue weighted by atomic mass is 10.0. The van der Waals surface area contributed by atoms with Gasteiger partial charge in [0.05, 0.1) is 5.69 Å². The van der Waals surface area contributed by atoms with Crippen LogP contribution in [-0.4, -0.2) is 4.98 Å². The standard InChI is InChI=1S/C15H18N2/c1-3-14(16)12-6-8-13(9-7-12)15-11(2)5-4-10-17-15/h4-10,14H,3,16H2,1-2H3. The van der Waals surface area contributed by atoms with Crippen molar-refractivity contribution >= 4 is 0 Å². The maximum atomic E-state index is 6.00. The molecular formula is C15H18N2. The molecule has 2 nitrogen and oxygen atoms in total. The Balaban J connectivity index is 2.33. The van der Waals surface area contributed by atoms with Crippen LogP contribution >= 0.6 is 0 Å². The Bertz CT molecular complexity index is 489. The zero-order valence-corrected chi connectivity index (χ0v) is 10.4. The Morgan fingerprint density at radius 1 is 1.18 bits per heavy atom. The van der Waals surface area contributed by atoms with Crippen LogP contribution in [0.3, 0.4) is 0 Å². The second-order valence-electron chi connectivity index (χ2n) is 4.31. The number of nitrogens with two attached hydrogens (primary N) is 1. The molecule has 2 N–H and O–H groups in total. The van der Waals surface area contributed by atoms with Gasteiger partial charge in [0.15, 0.2) is 0 Å². The highest BCUT2D eigenvalue weighted by atomic mass is 14.7. The molecule has 1 aromatic heterocycles. The minimum Gasteiger partial charge on any atom is -0.324 e. The van der Waals surface area contributed by atoms with Crippen LogP contribution in [0, 0.1) is 6.92 Å². The smallest absolute Gasteiger partial charge is 0.0731 e. The van der Waals surface area contributed by atoms with Crippen molar-refractivity contribution < 1.29 is 0 Å². The summed E-state index contributed by atoms with van der Waals surface area (Å²) in [5, 5.41) is 0. The molecule has 2 heteroatoms. The lowest BCUT2D eigenvalue weighted by Gasteiger charge is -2.10. The summed E-state index contributed by atoms with van der Waals surface area (Å²) < 4.78 is 0. The van der Waals surface area contributed by atoms with Crippen LogP contribution in [0.1, 0.15) is 30.5 Å². The topological polar surface area (TPSA) is 38.9 Å². The summed E-state index contributed by atoms with van der Waals surface area (Å²) >= 11 is 0. The van der Waals surface area contributed by atoms with Crippen LogP contribution in [0.25, 0.3) is 11.3 Å². The molecular weight excluding hydrogens is 208 g/mol. The van der Waals surface area contributed by atoms with E-state index in [1.165, 1.54) is 11.1 Å². The largest absolute Gasteiger partial charge is 0.324 e. The summed E-state index contributed by atoms with van der Waals surface area (Å²) in [4.78, 5) is 4.41. The van der Waals surface area contributed by atoms with Crippen LogP contribution in [-0.2, 0) is 0 Å². The Morgan fingerprint density at radius 3 is 2.47 bits per heavy atom. The summed E-state index contributed by atoms with van der Waals surface area (Å²) in [6.07, 6.45) is 2.79. The van der Waals surface area contributed by atoms with Gasteiger partial charge in [0, 0.05) is 17.8 Å². The first-order valence-corrected chi connectivity index (χ1v) is 6.00. The molecule has 1 unspecified atom stereocenters. The van der Waals surface area contributed by atoms with E-state index >= 15 is 0 Å². The Morgan fingerprint density at radius 2 is 1.88 bits per heavy atom. The van der Waals surface area contributed by atoms with E-state index in [4.69, 9.17) is 5.73 Å². The molecule has 0 saturated heterocycles. The van der Waals surface area contributed by atoms with Gasteiger partial charge >= 0.3 is 0 Å². The van der Waals surface area contributed by atoms with E-state index in [1.54, 1.807) is 0 Å². The highest BCUT2D eigenvalue weighted by molar-refractivity contribution is 5.62. The van der Waals surface area contributed by atoms with Gasteiger partial charge in [-0.3, -0.25) is 4.98 Å². The van der Waals surface area contributed by atoms with Crippen LogP contribution in [0.15, 0.2) is 42.6 Å². The summed E-state index contributed by atoms with van der Waals surface area (Å²) in [6, 6.07) is 12.6. The molecule has 0 bridgehead atoms. The van der Waals surface area contributed by atoms with Crippen LogP contribution in [0.2, 0.25) is 0 Å². The summed E-state index contributed by atoms with van der Waals surface area (Å²) in [7, 11) is 0. The van der Waals surface area contributed by atoms with Crippen molar-refractivity contribution in [1.29, 1.82) is 0 Å². The predicted octanol–water partition coefficient (Wildman–Crippen LogP) is 3.47. The van der Waals surface area contributed by atoms with Crippen LogP contribution in [0.4, 0.5) is 0 Å². The first-order chi connectivity index (χ1) is 8.22. The van der Waals surface area contributed by atoms with E-state index in [-0.39, 0.29) is 6.04 Å². The Labute approximate surface area is 103 Å². The number of benzene rings is 1. The molecule has 0 aliphatic carbocycles. The van der Waals surface area contributed by atoms with Crippen molar-refractivity contribution in [3.8, 4) is 11.3 Å². The molecule has 1 heterocycles. The van der Waals surface area contributed by atoms with Gasteiger partial charge in [-0.05, 0) is 30.5 Å². The molecule has 0 spiro atoms. The molecule has 0 saturated carbocycles. The SMILES string of the molecule is CCC(N)c1ccc(-c2ncccc2C)cc1. The summed E-state index contributed by atoms with van der Waals surface area (Å²) in [5.74, 6) is 0. The number of nitrogens with zero attached hydrogens (tertiary/aromatic N) is 1. The predicted molar refractivity (Wildman–Crippen MR) is 71.6 cm³/mol. The lowest BCUT2D eigenvalue weighted by molar-refractivity contribution is 0.699. The molecule has 1 atom stereocenters. The molecule has 0 aliphatic rings. The van der Waals surface area contributed by atoms with Gasteiger partial charge in [0.2, 0.25) is 0 Å².